The molecule has 8 heteroatoms. The summed E-state index contributed by atoms with van der Waals surface area (Å²) in [7, 11) is 0. The maximum atomic E-state index is 12.2. The number of amides is 1. The third kappa shape index (κ3) is 7.46. The van der Waals surface area contributed by atoms with Gasteiger partial charge in [-0.1, -0.05) is 0 Å². The van der Waals surface area contributed by atoms with Gasteiger partial charge >= 0.3 is 5.51 Å². The predicted molar refractivity (Wildman–Crippen MR) is 88.1 cm³/mol. The van der Waals surface area contributed by atoms with Crippen LogP contribution < -0.4 is 10.6 Å². The van der Waals surface area contributed by atoms with E-state index in [2.05, 4.69) is 10.6 Å². The molecule has 0 aromatic heterocycles. The lowest BCUT2D eigenvalue weighted by atomic mass is 9.96. The average molecular weight is 369 g/mol. The summed E-state index contributed by atoms with van der Waals surface area (Å²) in [4.78, 5) is 12.0. The van der Waals surface area contributed by atoms with Crippen LogP contribution in [-0.4, -0.2) is 31.0 Å². The molecule has 1 saturated heterocycles. The molecule has 0 saturated carbocycles. The van der Waals surface area contributed by atoms with Gasteiger partial charge in [0.25, 0.3) is 5.91 Å². The lowest BCUT2D eigenvalue weighted by Crippen LogP contribution is -2.33. The Bertz CT molecular complexity index is 490. The van der Waals surface area contributed by atoms with E-state index in [0.717, 1.165) is 25.9 Å². The van der Waals surface area contributed by atoms with Crippen molar-refractivity contribution in [1.29, 1.82) is 0 Å². The van der Waals surface area contributed by atoms with Gasteiger partial charge in [-0.2, -0.15) is 13.2 Å². The van der Waals surface area contributed by atoms with Crippen LogP contribution in [0.25, 0.3) is 0 Å². The molecule has 1 aromatic rings. The molecule has 1 amide bonds. The van der Waals surface area contributed by atoms with Crippen LogP contribution in [0, 0.1) is 5.92 Å². The molecule has 1 unspecified atom stereocenters. The first kappa shape index (κ1) is 20.1. The number of alkyl halides is 3. The van der Waals surface area contributed by atoms with E-state index in [1.807, 2.05) is 0 Å². The summed E-state index contributed by atoms with van der Waals surface area (Å²) >= 11 is -0.181. The molecule has 0 bridgehead atoms. The van der Waals surface area contributed by atoms with E-state index in [-0.39, 0.29) is 35.0 Å². The van der Waals surface area contributed by atoms with Gasteiger partial charge in [0.2, 0.25) is 0 Å². The van der Waals surface area contributed by atoms with Gasteiger partial charge in [-0.25, -0.2) is 0 Å². The smallest absolute Gasteiger partial charge is 0.352 e. The largest absolute Gasteiger partial charge is 0.446 e. The van der Waals surface area contributed by atoms with Crippen LogP contribution in [0.1, 0.15) is 29.6 Å². The van der Waals surface area contributed by atoms with Crippen LogP contribution >= 0.6 is 24.2 Å². The van der Waals surface area contributed by atoms with Crippen LogP contribution in [0.2, 0.25) is 0 Å². The zero-order chi connectivity index (χ0) is 16.0. The molecule has 1 fully saturated rings. The Balaban J connectivity index is 0.00000264. The Hall–Kier alpha value is -0.920. The summed E-state index contributed by atoms with van der Waals surface area (Å²) in [5.74, 6) is 0.340. The zero-order valence-electron chi connectivity index (χ0n) is 12.5. The van der Waals surface area contributed by atoms with Crippen molar-refractivity contribution in [1.82, 2.24) is 10.6 Å². The summed E-state index contributed by atoms with van der Waals surface area (Å²) in [6.45, 7) is 2.63. The first-order chi connectivity index (χ1) is 10.4. The molecule has 2 N–H and O–H groups in total. The van der Waals surface area contributed by atoms with Crippen molar-refractivity contribution in [3.05, 3.63) is 29.8 Å². The molecule has 0 spiro atoms. The van der Waals surface area contributed by atoms with E-state index in [0.29, 0.717) is 18.0 Å². The SMILES string of the molecule is Cl.O=C(NCCC1CCCNC1)c1ccc(SC(F)(F)F)cc1. The van der Waals surface area contributed by atoms with Crippen molar-refractivity contribution in [3.8, 4) is 0 Å². The topological polar surface area (TPSA) is 41.1 Å². The monoisotopic (exact) mass is 368 g/mol. The van der Waals surface area contributed by atoms with E-state index < -0.39 is 5.51 Å². The van der Waals surface area contributed by atoms with Crippen molar-refractivity contribution in [2.45, 2.75) is 29.7 Å². The minimum absolute atomic E-state index is 0. The maximum Gasteiger partial charge on any atom is 0.446 e. The van der Waals surface area contributed by atoms with Crippen molar-refractivity contribution < 1.29 is 18.0 Å². The fraction of sp³-hybridized carbons (Fsp3) is 0.533. The number of rotatable bonds is 5. The molecule has 1 heterocycles. The molecule has 3 nitrogen and oxygen atoms in total. The molecule has 0 radical (unpaired) electrons. The molecule has 23 heavy (non-hydrogen) atoms. The second-order valence-electron chi connectivity index (χ2n) is 5.33. The molecule has 0 aliphatic carbocycles. The Labute approximate surface area is 144 Å². The first-order valence-electron chi connectivity index (χ1n) is 7.29. The van der Waals surface area contributed by atoms with Gasteiger partial charge < -0.3 is 10.6 Å². The summed E-state index contributed by atoms with van der Waals surface area (Å²) in [5.41, 5.74) is -3.93. The second kappa shape index (κ2) is 9.39. The van der Waals surface area contributed by atoms with Crippen LogP contribution in [0.4, 0.5) is 13.2 Å². The summed E-state index contributed by atoms with van der Waals surface area (Å²) in [6, 6.07) is 5.48. The average Bonchev–Trinajstić information content (AvgIpc) is 2.47. The number of carbonyl (C=O) groups excluding carboxylic acids is 1. The number of nitrogens with one attached hydrogen (secondary N) is 2. The molecule has 1 aliphatic heterocycles. The number of hydrogen-bond acceptors (Lipinski definition) is 3. The third-order valence-electron chi connectivity index (χ3n) is 3.59. The zero-order valence-corrected chi connectivity index (χ0v) is 14.1. The highest BCUT2D eigenvalue weighted by molar-refractivity contribution is 8.00. The standard InChI is InChI=1S/C15H19F3N2OS.ClH/c16-15(17,18)22-13-5-3-12(4-6-13)14(21)20-9-7-11-2-1-8-19-10-11;/h3-6,11,19H,1-2,7-10H2,(H,20,21);1H. The van der Waals surface area contributed by atoms with Gasteiger partial charge in [-0.15, -0.1) is 12.4 Å². The quantitative estimate of drug-likeness (QED) is 0.776. The number of benzene rings is 1. The minimum atomic E-state index is -4.31. The van der Waals surface area contributed by atoms with E-state index in [1.54, 1.807) is 0 Å². The fourth-order valence-corrected chi connectivity index (χ4v) is 3.01. The third-order valence-corrected chi connectivity index (χ3v) is 4.33. The van der Waals surface area contributed by atoms with Crippen molar-refractivity contribution in [2.24, 2.45) is 5.92 Å². The molecule has 130 valence electrons. The molecule has 1 aromatic carbocycles. The van der Waals surface area contributed by atoms with Crippen LogP contribution in [0.15, 0.2) is 29.2 Å². The fourth-order valence-electron chi connectivity index (χ4n) is 2.47. The van der Waals surface area contributed by atoms with Gasteiger partial charge in [-0.3, -0.25) is 4.79 Å². The van der Waals surface area contributed by atoms with Crippen molar-refractivity contribution >= 4 is 30.1 Å². The summed E-state index contributed by atoms with van der Waals surface area (Å²) in [6.07, 6.45) is 3.25. The molecule has 2 rings (SSSR count). The summed E-state index contributed by atoms with van der Waals surface area (Å²) < 4.78 is 36.7. The Morgan fingerprint density at radius 3 is 2.57 bits per heavy atom. The molecular formula is C15H20ClF3N2OS. The van der Waals surface area contributed by atoms with E-state index in [1.165, 1.54) is 30.7 Å². The van der Waals surface area contributed by atoms with E-state index >= 15 is 0 Å². The first-order valence-corrected chi connectivity index (χ1v) is 8.10. The van der Waals surface area contributed by atoms with Gasteiger partial charge in [0, 0.05) is 17.0 Å². The van der Waals surface area contributed by atoms with Crippen molar-refractivity contribution in [3.63, 3.8) is 0 Å². The number of halogens is 4. The van der Waals surface area contributed by atoms with E-state index in [4.69, 9.17) is 0 Å². The van der Waals surface area contributed by atoms with Crippen LogP contribution in [0.3, 0.4) is 0 Å². The summed E-state index contributed by atoms with van der Waals surface area (Å²) in [5, 5.41) is 6.14. The van der Waals surface area contributed by atoms with Gasteiger partial charge in [-0.05, 0) is 74.3 Å². The molecule has 1 aliphatic rings. The molecular weight excluding hydrogens is 349 g/mol. The lowest BCUT2D eigenvalue weighted by molar-refractivity contribution is -0.0328. The Kier molecular flexibility index (Phi) is 8.22. The molecule has 1 atom stereocenters. The second-order valence-corrected chi connectivity index (χ2v) is 6.47. The highest BCUT2D eigenvalue weighted by Gasteiger charge is 2.29. The van der Waals surface area contributed by atoms with Gasteiger partial charge in [0.15, 0.2) is 0 Å². The van der Waals surface area contributed by atoms with Crippen LogP contribution in [0.5, 0.6) is 0 Å². The van der Waals surface area contributed by atoms with Gasteiger partial charge in [0.05, 0.1) is 0 Å². The number of carbonyl (C=O) groups is 1. The number of piperidine rings is 1. The lowest BCUT2D eigenvalue weighted by Gasteiger charge is -2.22. The Morgan fingerprint density at radius 1 is 1.30 bits per heavy atom. The number of thioether (sulfide) groups is 1. The number of hydrogen-bond donors (Lipinski definition) is 2. The Morgan fingerprint density at radius 2 is 2.00 bits per heavy atom. The maximum absolute atomic E-state index is 12.2. The highest BCUT2D eigenvalue weighted by Crippen LogP contribution is 2.36. The van der Waals surface area contributed by atoms with Crippen LogP contribution in [-0.2, 0) is 0 Å². The minimum Gasteiger partial charge on any atom is -0.352 e. The predicted octanol–water partition coefficient (Wildman–Crippen LogP) is 3.84. The van der Waals surface area contributed by atoms with Gasteiger partial charge in [0.1, 0.15) is 0 Å². The van der Waals surface area contributed by atoms with E-state index in [9.17, 15) is 18.0 Å². The normalized spacial score (nSPS) is 18.1. The van der Waals surface area contributed by atoms with Crippen molar-refractivity contribution in [2.75, 3.05) is 19.6 Å². The highest BCUT2D eigenvalue weighted by atomic mass is 35.5.